The summed E-state index contributed by atoms with van der Waals surface area (Å²) in [4.78, 5) is 29.8. The Kier molecular flexibility index (Phi) is 6.79. The molecule has 0 N–H and O–H groups in total. The van der Waals surface area contributed by atoms with Crippen LogP contribution in [0.1, 0.15) is 65.5 Å². The highest BCUT2D eigenvalue weighted by atomic mass is 28.4. The van der Waals surface area contributed by atoms with Crippen molar-refractivity contribution in [2.75, 3.05) is 6.61 Å². The van der Waals surface area contributed by atoms with Gasteiger partial charge >= 0.3 is 0 Å². The van der Waals surface area contributed by atoms with Gasteiger partial charge in [-0.3, -0.25) is 14.6 Å². The van der Waals surface area contributed by atoms with Crippen LogP contribution in [0.25, 0.3) is 0 Å². The number of carbonyl (C=O) groups excluding carboxylic acids is 2. The average molecular weight is 509 g/mol. The third-order valence-electron chi connectivity index (χ3n) is 7.23. The minimum Gasteiger partial charge on any atom is -0.407 e. The van der Waals surface area contributed by atoms with Crippen LogP contribution in [-0.2, 0) is 11.0 Å². The molecule has 2 aromatic carbocycles. The number of carbonyl (C=O) groups is 2. The van der Waals surface area contributed by atoms with E-state index in [2.05, 4.69) is 86.4 Å². The minimum absolute atomic E-state index is 0.0558. The van der Waals surface area contributed by atoms with Crippen molar-refractivity contribution in [2.24, 2.45) is 0 Å². The molecule has 0 atom stereocenters. The summed E-state index contributed by atoms with van der Waals surface area (Å²) in [6.07, 6.45) is 8.40. The van der Waals surface area contributed by atoms with E-state index < -0.39 is 8.32 Å². The third kappa shape index (κ3) is 4.51. The number of pyridine rings is 1. The number of benzene rings is 2. The third-order valence-corrected chi connectivity index (χ3v) is 12.3. The lowest BCUT2D eigenvalue weighted by Crippen LogP contribution is -2.66. The molecule has 37 heavy (non-hydrogen) atoms. The van der Waals surface area contributed by atoms with Gasteiger partial charge in [0.15, 0.2) is 11.6 Å². The highest BCUT2D eigenvalue weighted by Crippen LogP contribution is 2.37. The summed E-state index contributed by atoms with van der Waals surface area (Å²) in [5, 5.41) is 2.50. The van der Waals surface area contributed by atoms with Crippen LogP contribution in [0.3, 0.4) is 0 Å². The van der Waals surface area contributed by atoms with Crippen molar-refractivity contribution in [2.45, 2.75) is 45.2 Å². The second kappa shape index (κ2) is 10.0. The van der Waals surface area contributed by atoms with Gasteiger partial charge in [0, 0.05) is 43.5 Å². The quantitative estimate of drug-likeness (QED) is 0.218. The Bertz CT molecular complexity index is 1330. The maximum atomic E-state index is 12.9. The molecule has 188 valence electrons. The van der Waals surface area contributed by atoms with E-state index in [0.717, 1.165) is 12.8 Å². The van der Waals surface area contributed by atoms with E-state index in [1.54, 1.807) is 18.5 Å². The molecule has 0 radical (unpaired) electrons. The summed E-state index contributed by atoms with van der Waals surface area (Å²) in [6, 6.07) is 22.9. The van der Waals surface area contributed by atoms with Crippen LogP contribution in [0.4, 0.5) is 0 Å². The predicted octanol–water partition coefficient (Wildman–Crippen LogP) is 5.02. The fourth-order valence-corrected chi connectivity index (χ4v) is 10.1. The first-order valence-electron chi connectivity index (χ1n) is 12.8. The molecular formula is C31H32N2O3Si. The second-order valence-corrected chi connectivity index (χ2v) is 14.9. The number of hydrogen-bond donors (Lipinski definition) is 0. The maximum absolute atomic E-state index is 12.9. The van der Waals surface area contributed by atoms with E-state index in [1.807, 2.05) is 10.8 Å². The van der Waals surface area contributed by atoms with Gasteiger partial charge in [-0.15, -0.1) is 0 Å². The zero-order valence-electron chi connectivity index (χ0n) is 21.6. The predicted molar refractivity (Wildman–Crippen MR) is 148 cm³/mol. The molecule has 6 heteroatoms. The first kappa shape index (κ1) is 25.1. The number of rotatable bonds is 8. The molecule has 5 nitrogen and oxygen atoms in total. The first-order chi connectivity index (χ1) is 17.8. The van der Waals surface area contributed by atoms with Crippen LogP contribution >= 0.6 is 0 Å². The van der Waals surface area contributed by atoms with Gasteiger partial charge < -0.3 is 8.99 Å². The van der Waals surface area contributed by atoms with Crippen molar-refractivity contribution in [3.05, 3.63) is 114 Å². The SMILES string of the molecule is CC(C)(C)[Si](OCCCCn1cc2c(c1)C(=O)c1cnccc1C2=O)(c1ccccc1)c1ccccc1. The zero-order chi connectivity index (χ0) is 26.0. The number of nitrogens with zero attached hydrogens (tertiary/aromatic N) is 2. The average Bonchev–Trinajstić information content (AvgIpc) is 3.34. The van der Waals surface area contributed by atoms with Crippen LogP contribution in [0, 0.1) is 0 Å². The molecule has 0 fully saturated rings. The Morgan fingerprint density at radius 3 is 1.89 bits per heavy atom. The van der Waals surface area contributed by atoms with E-state index in [9.17, 15) is 9.59 Å². The van der Waals surface area contributed by atoms with Crippen molar-refractivity contribution in [1.29, 1.82) is 0 Å². The summed E-state index contributed by atoms with van der Waals surface area (Å²) < 4.78 is 8.94. The monoisotopic (exact) mass is 508 g/mol. The lowest BCUT2D eigenvalue weighted by Gasteiger charge is -2.43. The van der Waals surface area contributed by atoms with Gasteiger partial charge in [-0.2, -0.15) is 0 Å². The van der Waals surface area contributed by atoms with E-state index >= 15 is 0 Å². The fraction of sp³-hybridized carbons (Fsp3) is 0.258. The van der Waals surface area contributed by atoms with Crippen LogP contribution in [-0.4, -0.2) is 36.0 Å². The zero-order valence-corrected chi connectivity index (χ0v) is 22.6. The van der Waals surface area contributed by atoms with E-state index in [4.69, 9.17) is 4.43 Å². The molecule has 2 heterocycles. The van der Waals surface area contributed by atoms with Crippen molar-refractivity contribution in [1.82, 2.24) is 9.55 Å². The largest absolute Gasteiger partial charge is 0.407 e. The van der Waals surface area contributed by atoms with Crippen LogP contribution < -0.4 is 10.4 Å². The van der Waals surface area contributed by atoms with Crippen molar-refractivity contribution in [3.63, 3.8) is 0 Å². The Balaban J connectivity index is 1.30. The maximum Gasteiger partial charge on any atom is 0.261 e. The van der Waals surface area contributed by atoms with Crippen LogP contribution in [0.15, 0.2) is 91.5 Å². The van der Waals surface area contributed by atoms with Gasteiger partial charge in [-0.05, 0) is 34.3 Å². The fourth-order valence-electron chi connectivity index (χ4n) is 5.45. The number of fused-ring (bicyclic) bond motifs is 2. The molecule has 0 aliphatic heterocycles. The smallest absolute Gasteiger partial charge is 0.261 e. The lowest BCUT2D eigenvalue weighted by atomic mass is 9.88. The second-order valence-electron chi connectivity index (χ2n) is 10.6. The number of aryl methyl sites for hydroxylation is 1. The summed E-state index contributed by atoms with van der Waals surface area (Å²) in [5.74, 6) is -0.243. The molecule has 0 unspecified atom stereocenters. The molecule has 5 rings (SSSR count). The topological polar surface area (TPSA) is 61.2 Å². The van der Waals surface area contributed by atoms with Gasteiger partial charge in [0.1, 0.15) is 0 Å². The molecule has 0 saturated carbocycles. The van der Waals surface area contributed by atoms with Crippen LogP contribution in [0.2, 0.25) is 5.04 Å². The number of hydrogen-bond acceptors (Lipinski definition) is 4. The highest BCUT2D eigenvalue weighted by molar-refractivity contribution is 6.99. The van der Waals surface area contributed by atoms with Gasteiger partial charge in [0.25, 0.3) is 8.32 Å². The standard InChI is InChI=1S/C31H32N2O3Si/c1-31(2,3)37(23-12-6-4-7-13-23,24-14-8-5-9-15-24)36-19-11-10-18-33-21-27-28(22-33)30(35)26-20-32-17-16-25(26)29(27)34/h4-9,12-17,20-22H,10-11,18-19H2,1-3H3. The Hall–Kier alpha value is -3.61. The van der Waals surface area contributed by atoms with Crippen molar-refractivity contribution >= 4 is 30.3 Å². The van der Waals surface area contributed by atoms with E-state index in [-0.39, 0.29) is 16.6 Å². The van der Waals surface area contributed by atoms with E-state index in [1.165, 1.54) is 16.6 Å². The minimum atomic E-state index is -2.54. The summed E-state index contributed by atoms with van der Waals surface area (Å²) in [7, 11) is -2.54. The van der Waals surface area contributed by atoms with Gasteiger partial charge in [0.05, 0.1) is 16.7 Å². The molecular weight excluding hydrogens is 476 g/mol. The Morgan fingerprint density at radius 1 is 0.757 bits per heavy atom. The molecule has 0 amide bonds. The number of aromatic nitrogens is 2. The van der Waals surface area contributed by atoms with Crippen LogP contribution in [0.5, 0.6) is 0 Å². The molecule has 1 aliphatic rings. The summed E-state index contributed by atoms with van der Waals surface area (Å²) >= 11 is 0. The molecule has 2 aromatic heterocycles. The highest BCUT2D eigenvalue weighted by Gasteiger charge is 2.49. The van der Waals surface area contributed by atoms with Gasteiger partial charge in [0.2, 0.25) is 0 Å². The summed E-state index contributed by atoms with van der Waals surface area (Å²) in [5.41, 5.74) is 1.77. The molecule has 0 bridgehead atoms. The van der Waals surface area contributed by atoms with Crippen molar-refractivity contribution < 1.29 is 14.0 Å². The normalized spacial score (nSPS) is 13.4. The van der Waals surface area contributed by atoms with Crippen molar-refractivity contribution in [3.8, 4) is 0 Å². The van der Waals surface area contributed by atoms with Gasteiger partial charge in [-0.25, -0.2) is 0 Å². The number of ketones is 2. The molecule has 0 saturated heterocycles. The first-order valence-corrected chi connectivity index (χ1v) is 14.7. The molecule has 0 spiro atoms. The molecule has 1 aliphatic carbocycles. The van der Waals surface area contributed by atoms with Gasteiger partial charge in [-0.1, -0.05) is 81.4 Å². The van der Waals surface area contributed by atoms with E-state index in [0.29, 0.717) is 35.4 Å². The Morgan fingerprint density at radius 2 is 1.32 bits per heavy atom. The molecule has 4 aromatic rings. The number of unbranched alkanes of at least 4 members (excludes halogenated alkanes) is 1. The Labute approximate surface area is 219 Å². The lowest BCUT2D eigenvalue weighted by molar-refractivity contribution is 0.0979. The summed E-state index contributed by atoms with van der Waals surface area (Å²) in [6.45, 7) is 8.21.